The van der Waals surface area contributed by atoms with E-state index in [1.54, 1.807) is 48.2 Å². The minimum atomic E-state index is -0.984. The number of hydrogen-bond donors (Lipinski definition) is 0. The molecule has 0 spiro atoms. The van der Waals surface area contributed by atoms with E-state index in [4.69, 9.17) is 39.5 Å². The Kier molecular flexibility index (Phi) is 34.8. The van der Waals surface area contributed by atoms with Crippen LogP contribution in [0.15, 0.2) is 103 Å². The molecule has 0 aliphatic carbocycles. The Hall–Kier alpha value is -5.20. The number of ether oxygens (including phenoxy) is 2. The minimum absolute atomic E-state index is 0.194. The summed E-state index contributed by atoms with van der Waals surface area (Å²) in [6.07, 6.45) is 1.00. The van der Waals surface area contributed by atoms with Crippen LogP contribution in [-0.2, 0) is 28.7 Å². The van der Waals surface area contributed by atoms with Crippen molar-refractivity contribution in [2.45, 2.75) is 133 Å². The van der Waals surface area contributed by atoms with Crippen LogP contribution in [0.25, 0.3) is 0 Å². The van der Waals surface area contributed by atoms with Crippen LogP contribution in [0.5, 0.6) is 0 Å². The van der Waals surface area contributed by atoms with Gasteiger partial charge >= 0.3 is 11.9 Å². The fraction of sp³-hybridized carbons (Fsp3) is 0.466. The van der Waals surface area contributed by atoms with Gasteiger partial charge in [0.05, 0.1) is 11.9 Å². The lowest BCUT2D eigenvalue weighted by atomic mass is 10.0. The number of carbonyl (C=O) groups excluding carboxylic acids is 7. The van der Waals surface area contributed by atoms with Crippen LogP contribution in [0, 0.1) is 0 Å². The van der Waals surface area contributed by atoms with E-state index >= 15 is 0 Å². The number of amides is 1. The monoisotopic (exact) mass is 1050 g/mol. The largest absolute Gasteiger partial charge is 0.460 e. The fourth-order valence-electron chi connectivity index (χ4n) is 6.57. The van der Waals surface area contributed by atoms with Gasteiger partial charge in [-0.3, -0.25) is 24.0 Å². The average Bonchev–Trinajstić information content (AvgIpc) is 3.93. The van der Waals surface area contributed by atoms with Gasteiger partial charge < -0.3 is 19.3 Å². The van der Waals surface area contributed by atoms with Gasteiger partial charge in [0.15, 0.2) is 6.10 Å². The molecule has 11 nitrogen and oxygen atoms in total. The molecule has 4 aromatic carbocycles. The highest BCUT2D eigenvalue weighted by molar-refractivity contribution is 6.83. The molecular formula is C58H79Cl3N2O9. The second-order valence-electron chi connectivity index (χ2n) is 17.7. The number of rotatable bonds is 16. The predicted octanol–water partition coefficient (Wildman–Crippen LogP) is 13.4. The lowest BCUT2D eigenvalue weighted by molar-refractivity contribution is -0.154. The van der Waals surface area contributed by atoms with Crippen LogP contribution >= 0.6 is 34.8 Å². The molecular weight excluding hydrogens is 975 g/mol. The molecule has 0 saturated carbocycles. The molecule has 1 atom stereocenters. The number of benzene rings is 4. The first-order valence-corrected chi connectivity index (χ1v) is 26.2. The van der Waals surface area contributed by atoms with E-state index < -0.39 is 40.6 Å². The first-order chi connectivity index (χ1) is 34.0. The zero-order valence-corrected chi connectivity index (χ0v) is 47.0. The molecule has 1 heterocycles. The van der Waals surface area contributed by atoms with Crippen molar-refractivity contribution < 1.29 is 43.0 Å². The SMILES string of the molecule is CC(C)c1ccc(C(=O)C(=O)Cl)cc1.CC(C)c1ccc(C(=O)C(=O)O[C@H](C)C(=O)N2CCCC2)cc1.CC(C)c1ccccc1.CCN(CC)CC.CCOC(=O)C(=O)c1ccc(C(C)C)cc1.ClCCl. The Labute approximate surface area is 445 Å². The van der Waals surface area contributed by atoms with Crippen LogP contribution in [0.3, 0.4) is 0 Å². The molecule has 0 bridgehead atoms. The molecule has 0 unspecified atom stereocenters. The van der Waals surface area contributed by atoms with Gasteiger partial charge in [0.2, 0.25) is 5.78 Å². The van der Waals surface area contributed by atoms with Crippen LogP contribution in [-0.4, -0.2) is 101 Å². The van der Waals surface area contributed by atoms with Crippen molar-refractivity contribution in [1.82, 2.24) is 9.80 Å². The van der Waals surface area contributed by atoms with Crippen molar-refractivity contribution >= 4 is 75.2 Å². The molecule has 1 aliphatic heterocycles. The lowest BCUT2D eigenvalue weighted by Gasteiger charge is -2.20. The number of nitrogens with zero attached hydrogens (tertiary/aromatic N) is 2. The van der Waals surface area contributed by atoms with Crippen LogP contribution in [0.1, 0.15) is 180 Å². The minimum Gasteiger partial charge on any atom is -0.460 e. The molecule has 396 valence electrons. The summed E-state index contributed by atoms with van der Waals surface area (Å²) in [5.41, 5.74) is 5.77. The number of ketones is 3. The van der Waals surface area contributed by atoms with E-state index in [9.17, 15) is 33.6 Å². The number of hydrogen-bond acceptors (Lipinski definition) is 10. The third kappa shape index (κ3) is 26.0. The lowest BCUT2D eigenvalue weighted by Crippen LogP contribution is -2.39. The van der Waals surface area contributed by atoms with Crippen molar-refractivity contribution in [3.63, 3.8) is 0 Å². The summed E-state index contributed by atoms with van der Waals surface area (Å²) < 4.78 is 9.69. The first kappa shape index (κ1) is 66.8. The summed E-state index contributed by atoms with van der Waals surface area (Å²) >= 11 is 14.6. The topological polar surface area (TPSA) is 144 Å². The summed E-state index contributed by atoms with van der Waals surface area (Å²) in [6.45, 7) is 31.7. The molecule has 4 aromatic rings. The number of esters is 2. The Morgan fingerprint density at radius 3 is 1.10 bits per heavy atom. The highest BCUT2D eigenvalue weighted by Gasteiger charge is 2.28. The molecule has 1 aliphatic rings. The molecule has 72 heavy (non-hydrogen) atoms. The Morgan fingerprint density at radius 1 is 0.500 bits per heavy atom. The normalized spacial score (nSPS) is 11.8. The van der Waals surface area contributed by atoms with Gasteiger partial charge in [0.25, 0.3) is 22.7 Å². The molecule has 1 saturated heterocycles. The molecule has 1 fully saturated rings. The third-order valence-electron chi connectivity index (χ3n) is 11.2. The van der Waals surface area contributed by atoms with E-state index in [0.717, 1.165) is 29.5 Å². The molecule has 0 aromatic heterocycles. The maximum atomic E-state index is 12.1. The molecule has 14 heteroatoms. The first-order valence-electron chi connectivity index (χ1n) is 24.7. The van der Waals surface area contributed by atoms with Crippen LogP contribution in [0.4, 0.5) is 0 Å². The number of Topliss-reactive ketones (excluding diaryl/α,β-unsaturated/α-hetero) is 3. The van der Waals surface area contributed by atoms with Crippen LogP contribution in [0.2, 0.25) is 0 Å². The van der Waals surface area contributed by atoms with Crippen molar-refractivity contribution in [1.29, 1.82) is 0 Å². The van der Waals surface area contributed by atoms with E-state index in [2.05, 4.69) is 110 Å². The fourth-order valence-corrected chi connectivity index (χ4v) is 6.68. The van der Waals surface area contributed by atoms with Crippen LogP contribution < -0.4 is 0 Å². The van der Waals surface area contributed by atoms with Crippen molar-refractivity contribution in [3.05, 3.63) is 142 Å². The maximum Gasteiger partial charge on any atom is 0.380 e. The van der Waals surface area contributed by atoms with Crippen molar-refractivity contribution in [3.8, 4) is 0 Å². The van der Waals surface area contributed by atoms with Gasteiger partial charge in [-0.05, 0) is 104 Å². The summed E-state index contributed by atoms with van der Waals surface area (Å²) in [5.74, 6) is -2.14. The van der Waals surface area contributed by atoms with Crippen molar-refractivity contribution in [2.24, 2.45) is 0 Å². The van der Waals surface area contributed by atoms with Gasteiger partial charge in [0.1, 0.15) is 0 Å². The number of alkyl halides is 2. The van der Waals surface area contributed by atoms with E-state index in [-0.39, 0.29) is 23.4 Å². The second-order valence-corrected chi connectivity index (χ2v) is 18.8. The summed E-state index contributed by atoms with van der Waals surface area (Å²) in [6, 6.07) is 31.3. The summed E-state index contributed by atoms with van der Waals surface area (Å²) in [4.78, 5) is 84.6. The number of halogens is 3. The van der Waals surface area contributed by atoms with Gasteiger partial charge in [-0.2, -0.15) is 0 Å². The van der Waals surface area contributed by atoms with Gasteiger partial charge in [-0.1, -0.05) is 179 Å². The summed E-state index contributed by atoms with van der Waals surface area (Å²) in [5, 5.41) is -0.748. The second kappa shape index (κ2) is 37.5. The average molecular weight is 1050 g/mol. The smallest absolute Gasteiger partial charge is 0.380 e. The quantitative estimate of drug-likeness (QED) is 0.0350. The Balaban J connectivity index is 0.000000910. The number of likely N-dealkylation sites (tertiary alicyclic amines) is 1. The highest BCUT2D eigenvalue weighted by Crippen LogP contribution is 2.18. The Bertz CT molecular complexity index is 2200. The predicted molar refractivity (Wildman–Crippen MR) is 294 cm³/mol. The zero-order chi connectivity index (χ0) is 54.9. The maximum absolute atomic E-state index is 12.1. The van der Waals surface area contributed by atoms with Gasteiger partial charge in [-0.25, -0.2) is 9.59 Å². The van der Waals surface area contributed by atoms with Crippen molar-refractivity contribution in [2.75, 3.05) is 44.7 Å². The molecule has 1 amide bonds. The van der Waals surface area contributed by atoms with E-state index in [1.807, 2.05) is 42.5 Å². The third-order valence-corrected chi connectivity index (χ3v) is 11.4. The molecule has 0 N–H and O–H groups in total. The van der Waals surface area contributed by atoms with E-state index in [0.29, 0.717) is 47.9 Å². The molecule has 5 rings (SSSR count). The highest BCUT2D eigenvalue weighted by atomic mass is 35.5. The number of carbonyl (C=O) groups is 7. The van der Waals surface area contributed by atoms with E-state index in [1.165, 1.54) is 32.1 Å². The van der Waals surface area contributed by atoms with Gasteiger partial charge in [-0.15, -0.1) is 23.2 Å². The van der Waals surface area contributed by atoms with Gasteiger partial charge in [0, 0.05) is 29.8 Å². The Morgan fingerprint density at radius 2 is 0.819 bits per heavy atom. The molecule has 0 radical (unpaired) electrons. The summed E-state index contributed by atoms with van der Waals surface area (Å²) in [7, 11) is 0. The zero-order valence-electron chi connectivity index (χ0n) is 44.8. The standard InChI is InChI=1S/C18H23NO4.C13H16O3.C11H11ClO2.C9H12.C6H15N.CH2Cl2/c1-12(2)14-6-8-15(9-7-14)16(20)18(22)23-13(3)17(21)19-10-4-5-11-19;1-4-16-13(15)12(14)11-7-5-10(6-8-11)9(2)3;1-7(2)8-3-5-9(6-4-8)10(13)11(12)14;1-8(2)9-6-4-3-5-7-9;1-4-7(5-2)6-3;2-1-3/h6-9,12-13H,4-5,10-11H2,1-3H3;5-9H,4H2,1-3H3;3-7H,1-2H3;3-8H,1-2H3;4-6H2,1-3H3;1H2/t13-;;;;;/m1...../s1.